The molecule has 0 bridgehead atoms. The Morgan fingerprint density at radius 3 is 1.56 bits per heavy atom. The number of hydrogen-bond donors (Lipinski definition) is 0. The van der Waals surface area contributed by atoms with Gasteiger partial charge in [0.05, 0.1) is 11.1 Å². The summed E-state index contributed by atoms with van der Waals surface area (Å²) in [6, 6.07) is 90.1. The number of hydrogen-bond acceptors (Lipinski definition) is 2. The van der Waals surface area contributed by atoms with Crippen LogP contribution in [0.1, 0.15) is 22.3 Å². The molecule has 0 saturated carbocycles. The number of anilines is 3. The van der Waals surface area contributed by atoms with Crippen LogP contribution in [0.15, 0.2) is 253 Å². The van der Waals surface area contributed by atoms with Gasteiger partial charge in [-0.05, 0) is 98.1 Å². The highest BCUT2D eigenvalue weighted by Crippen LogP contribution is 2.57. The van der Waals surface area contributed by atoms with Gasteiger partial charge < -0.3 is 9.32 Å². The van der Waals surface area contributed by atoms with Crippen LogP contribution in [-0.2, 0) is 5.41 Å². The van der Waals surface area contributed by atoms with E-state index in [0.717, 1.165) is 66.8 Å². The van der Waals surface area contributed by atoms with Gasteiger partial charge in [0.2, 0.25) is 0 Å². The lowest BCUT2D eigenvalue weighted by molar-refractivity contribution is 0.670. The summed E-state index contributed by atoms with van der Waals surface area (Å²) >= 11 is 0. The van der Waals surface area contributed by atoms with Crippen LogP contribution in [0.4, 0.5) is 17.1 Å². The van der Waals surface area contributed by atoms with E-state index in [0.29, 0.717) is 0 Å². The third-order valence-corrected chi connectivity index (χ3v) is 13.0. The Labute approximate surface area is 367 Å². The van der Waals surface area contributed by atoms with Crippen molar-refractivity contribution in [3.63, 3.8) is 0 Å². The summed E-state index contributed by atoms with van der Waals surface area (Å²) in [4.78, 5) is 2.43. The molecule has 1 aliphatic carbocycles. The minimum atomic E-state index is -0.466. The number of benzene rings is 10. The van der Waals surface area contributed by atoms with Gasteiger partial charge in [-0.15, -0.1) is 0 Å². The van der Waals surface area contributed by atoms with E-state index in [2.05, 4.69) is 248 Å². The highest BCUT2D eigenvalue weighted by Gasteiger charge is 2.46. The van der Waals surface area contributed by atoms with Gasteiger partial charge >= 0.3 is 0 Å². The highest BCUT2D eigenvalue weighted by molar-refractivity contribution is 6.10. The predicted molar refractivity (Wildman–Crippen MR) is 262 cm³/mol. The number of furan rings is 1. The van der Waals surface area contributed by atoms with Crippen molar-refractivity contribution >= 4 is 39.0 Å². The van der Waals surface area contributed by atoms with Gasteiger partial charge in [0.25, 0.3) is 0 Å². The average Bonchev–Trinajstić information content (AvgIpc) is 3.89. The zero-order valence-electron chi connectivity index (χ0n) is 34.5. The molecular weight excluding hydrogens is 763 g/mol. The van der Waals surface area contributed by atoms with E-state index >= 15 is 0 Å². The molecule has 0 aliphatic heterocycles. The molecule has 1 heterocycles. The lowest BCUT2D eigenvalue weighted by Crippen LogP contribution is -2.28. The predicted octanol–water partition coefficient (Wildman–Crippen LogP) is 16.4. The first-order chi connectivity index (χ1) is 31.3. The molecule has 0 amide bonds. The highest BCUT2D eigenvalue weighted by atomic mass is 16.3. The molecule has 0 spiro atoms. The van der Waals surface area contributed by atoms with Gasteiger partial charge in [-0.1, -0.05) is 206 Å². The molecule has 0 radical (unpaired) electrons. The molecule has 0 N–H and O–H groups in total. The number of para-hydroxylation sites is 2. The lowest BCUT2D eigenvalue weighted by Gasteiger charge is -2.34. The topological polar surface area (TPSA) is 16.4 Å². The Kier molecular flexibility index (Phi) is 8.76. The van der Waals surface area contributed by atoms with Crippen molar-refractivity contribution in [2.24, 2.45) is 0 Å². The van der Waals surface area contributed by atoms with Crippen molar-refractivity contribution in [2.75, 3.05) is 4.90 Å². The first kappa shape index (κ1) is 36.6. The Hall–Kier alpha value is -8.20. The van der Waals surface area contributed by atoms with E-state index in [1.165, 1.54) is 38.9 Å². The molecule has 0 saturated heterocycles. The average molecular weight is 804 g/mol. The summed E-state index contributed by atoms with van der Waals surface area (Å²) < 4.78 is 6.54. The van der Waals surface area contributed by atoms with E-state index in [-0.39, 0.29) is 0 Å². The van der Waals surface area contributed by atoms with Crippen LogP contribution in [0.5, 0.6) is 0 Å². The fourth-order valence-corrected chi connectivity index (χ4v) is 10.2. The zero-order valence-corrected chi connectivity index (χ0v) is 34.5. The van der Waals surface area contributed by atoms with Crippen LogP contribution in [-0.4, -0.2) is 0 Å². The Morgan fingerprint density at radius 2 is 0.857 bits per heavy atom. The molecule has 2 heteroatoms. The second kappa shape index (κ2) is 15.1. The standard InChI is InChI=1S/C61H41NO/c1-5-18-43(19-6-1)50-26-14-16-31-58(50)62(48-35-32-42(33-36-48)45-34-39-59-55(40-45)53-29-17-28-51(60(53)63-59)44-20-7-2-8-21-44)49-37-38-57-54(41-49)52-27-13-15-30-56(52)61(57,46-22-9-3-10-23-46)47-24-11-4-12-25-47/h1-41H. The lowest BCUT2D eigenvalue weighted by atomic mass is 9.68. The van der Waals surface area contributed by atoms with E-state index in [1.54, 1.807) is 0 Å². The summed E-state index contributed by atoms with van der Waals surface area (Å²) in [6.07, 6.45) is 0. The molecular formula is C61H41NO. The molecule has 0 fully saturated rings. The quantitative estimate of drug-likeness (QED) is 0.152. The smallest absolute Gasteiger partial charge is 0.143 e. The number of nitrogens with zero attached hydrogens (tertiary/aromatic N) is 1. The molecule has 296 valence electrons. The minimum Gasteiger partial charge on any atom is -0.455 e. The Morgan fingerprint density at radius 1 is 0.317 bits per heavy atom. The first-order valence-corrected chi connectivity index (χ1v) is 21.7. The fourth-order valence-electron chi connectivity index (χ4n) is 10.2. The maximum atomic E-state index is 6.54. The number of rotatable bonds is 8. The van der Waals surface area contributed by atoms with Crippen LogP contribution in [0.2, 0.25) is 0 Å². The van der Waals surface area contributed by atoms with Crippen LogP contribution >= 0.6 is 0 Å². The van der Waals surface area contributed by atoms with Crippen LogP contribution in [0.3, 0.4) is 0 Å². The summed E-state index contributed by atoms with van der Waals surface area (Å²) in [5, 5.41) is 2.23. The normalized spacial score (nSPS) is 12.6. The molecule has 2 nitrogen and oxygen atoms in total. The molecule has 63 heavy (non-hydrogen) atoms. The summed E-state index contributed by atoms with van der Waals surface area (Å²) in [5.41, 5.74) is 19.1. The van der Waals surface area contributed by atoms with Gasteiger partial charge in [-0.2, -0.15) is 0 Å². The van der Waals surface area contributed by atoms with Crippen molar-refractivity contribution in [1.29, 1.82) is 0 Å². The SMILES string of the molecule is c1ccc(-c2ccccc2N(c2ccc(-c3ccc4oc5c(-c6ccccc6)cccc5c4c3)cc2)c2ccc3c(c2)-c2ccccc2C3(c2ccccc2)c2ccccc2)cc1. The van der Waals surface area contributed by atoms with Crippen molar-refractivity contribution in [3.05, 3.63) is 271 Å². The third kappa shape index (κ3) is 5.95. The van der Waals surface area contributed by atoms with Gasteiger partial charge in [0.1, 0.15) is 11.2 Å². The molecule has 12 rings (SSSR count). The maximum Gasteiger partial charge on any atom is 0.143 e. The maximum absolute atomic E-state index is 6.54. The summed E-state index contributed by atoms with van der Waals surface area (Å²) in [5.74, 6) is 0. The number of fused-ring (bicyclic) bond motifs is 6. The van der Waals surface area contributed by atoms with Crippen LogP contribution in [0.25, 0.3) is 66.4 Å². The summed E-state index contributed by atoms with van der Waals surface area (Å²) in [7, 11) is 0. The molecule has 10 aromatic carbocycles. The van der Waals surface area contributed by atoms with Gasteiger partial charge in [-0.3, -0.25) is 0 Å². The monoisotopic (exact) mass is 803 g/mol. The van der Waals surface area contributed by atoms with Crippen LogP contribution < -0.4 is 4.90 Å². The second-order valence-electron chi connectivity index (χ2n) is 16.4. The van der Waals surface area contributed by atoms with Crippen molar-refractivity contribution in [1.82, 2.24) is 0 Å². The first-order valence-electron chi connectivity index (χ1n) is 21.7. The molecule has 1 aromatic heterocycles. The molecule has 0 unspecified atom stereocenters. The molecule has 0 atom stereocenters. The Balaban J connectivity index is 1.01. The summed E-state index contributed by atoms with van der Waals surface area (Å²) in [6.45, 7) is 0. The molecule has 11 aromatic rings. The van der Waals surface area contributed by atoms with E-state index in [9.17, 15) is 0 Å². The molecule has 1 aliphatic rings. The van der Waals surface area contributed by atoms with Crippen molar-refractivity contribution < 1.29 is 4.42 Å². The van der Waals surface area contributed by atoms with Gasteiger partial charge in [-0.25, -0.2) is 0 Å². The second-order valence-corrected chi connectivity index (χ2v) is 16.4. The van der Waals surface area contributed by atoms with E-state index in [4.69, 9.17) is 4.42 Å². The zero-order chi connectivity index (χ0) is 41.7. The van der Waals surface area contributed by atoms with E-state index < -0.39 is 5.41 Å². The van der Waals surface area contributed by atoms with Gasteiger partial charge in [0.15, 0.2) is 0 Å². The fraction of sp³-hybridized carbons (Fsp3) is 0.0164. The largest absolute Gasteiger partial charge is 0.455 e. The van der Waals surface area contributed by atoms with Gasteiger partial charge in [0, 0.05) is 33.3 Å². The van der Waals surface area contributed by atoms with Crippen LogP contribution in [0, 0.1) is 0 Å². The minimum absolute atomic E-state index is 0.466. The van der Waals surface area contributed by atoms with Crippen molar-refractivity contribution in [3.8, 4) is 44.5 Å². The van der Waals surface area contributed by atoms with Crippen molar-refractivity contribution in [2.45, 2.75) is 5.41 Å². The third-order valence-electron chi connectivity index (χ3n) is 13.0. The van der Waals surface area contributed by atoms with E-state index in [1.807, 2.05) is 6.07 Å². The Bertz CT molecular complexity index is 3390.